The van der Waals surface area contributed by atoms with Gasteiger partial charge in [0, 0.05) is 79.1 Å². The first kappa shape index (κ1) is 93.1. The second kappa shape index (κ2) is 50.2. The van der Waals surface area contributed by atoms with Crippen LogP contribution in [0.5, 0.6) is 17.2 Å². The van der Waals surface area contributed by atoms with E-state index in [0.29, 0.717) is 25.0 Å². The SMILES string of the molecule is CC#Cc1ncc(C2=CC3C(C=C2)c2ccc(-c4cc(-c5ccc(N(c6ccc(C)cc6C)c6ccc(OCCCCCCCC)cc6OCCCCCCCC)cc5)c(-c5ccc(N(c6ccc(C)cc6C)c6ccc(OCCCCCCCC)cc6C)cc5)s4)cc2C3(CCCCCCCCCCCC)CCCCCCCCCCCC)cn1. The van der Waals surface area contributed by atoms with Crippen molar-refractivity contribution in [2.24, 2.45) is 5.92 Å². The normalized spacial score (nSPS) is 13.9. The zero-order valence-electron chi connectivity index (χ0n) is 76.7. The van der Waals surface area contributed by atoms with Gasteiger partial charge in [0.05, 0.1) is 25.5 Å². The minimum atomic E-state index is -0.0575. The highest BCUT2D eigenvalue weighted by Crippen LogP contribution is 2.60. The lowest BCUT2D eigenvalue weighted by atomic mass is 9.65. The van der Waals surface area contributed by atoms with Gasteiger partial charge in [-0.25, -0.2) is 9.97 Å². The number of allylic oxidation sites excluding steroid dienone is 4. The summed E-state index contributed by atoms with van der Waals surface area (Å²) in [6, 6.07) is 56.3. The second-order valence-corrected chi connectivity index (χ2v) is 36.7. The highest BCUT2D eigenvalue weighted by Gasteiger charge is 2.50. The van der Waals surface area contributed by atoms with Gasteiger partial charge >= 0.3 is 0 Å². The smallest absolute Gasteiger partial charge is 0.204 e. The molecule has 2 aliphatic rings. The van der Waals surface area contributed by atoms with Crippen molar-refractivity contribution in [3.05, 3.63) is 227 Å². The number of ether oxygens (including phenoxy) is 3. The lowest BCUT2D eigenvalue weighted by Gasteiger charge is -2.39. The van der Waals surface area contributed by atoms with E-state index in [0.717, 1.165) is 83.5 Å². The van der Waals surface area contributed by atoms with Gasteiger partial charge in [0.2, 0.25) is 5.82 Å². The van der Waals surface area contributed by atoms with Crippen molar-refractivity contribution in [1.29, 1.82) is 0 Å². The van der Waals surface area contributed by atoms with E-state index in [9.17, 15) is 0 Å². The van der Waals surface area contributed by atoms with E-state index in [1.165, 1.54) is 308 Å². The molecule has 0 bridgehead atoms. The molecule has 0 fully saturated rings. The van der Waals surface area contributed by atoms with Crippen LogP contribution >= 0.6 is 11.3 Å². The zero-order valence-corrected chi connectivity index (χ0v) is 77.5. The number of rotatable bonds is 56. The topological polar surface area (TPSA) is 60.0 Å². The van der Waals surface area contributed by atoms with E-state index in [1.807, 2.05) is 30.7 Å². The van der Waals surface area contributed by atoms with Crippen LogP contribution in [-0.2, 0) is 5.41 Å². The van der Waals surface area contributed by atoms with E-state index in [-0.39, 0.29) is 11.3 Å². The summed E-state index contributed by atoms with van der Waals surface area (Å²) in [5.74, 6) is 9.92. The van der Waals surface area contributed by atoms with E-state index in [1.54, 1.807) is 5.56 Å². The fourth-order valence-corrected chi connectivity index (χ4v) is 20.2. The van der Waals surface area contributed by atoms with Gasteiger partial charge in [-0.15, -0.1) is 11.3 Å². The van der Waals surface area contributed by atoms with E-state index >= 15 is 0 Å². The molecule has 2 aliphatic carbocycles. The van der Waals surface area contributed by atoms with Crippen molar-refractivity contribution in [3.63, 3.8) is 0 Å². The van der Waals surface area contributed by atoms with Crippen molar-refractivity contribution in [2.75, 3.05) is 29.6 Å². The van der Waals surface area contributed by atoms with Crippen LogP contribution in [0.15, 0.2) is 176 Å². The second-order valence-electron chi connectivity index (χ2n) is 35.6. The molecule has 9 aromatic rings. The first-order valence-corrected chi connectivity index (χ1v) is 49.2. The van der Waals surface area contributed by atoms with Gasteiger partial charge in [-0.2, -0.15) is 0 Å². The Kier molecular flexibility index (Phi) is 38.6. The lowest BCUT2D eigenvalue weighted by Crippen LogP contribution is -2.33. The van der Waals surface area contributed by atoms with Crippen molar-refractivity contribution < 1.29 is 14.2 Å². The van der Waals surface area contributed by atoms with Crippen molar-refractivity contribution in [2.45, 2.75) is 344 Å². The molecule has 0 N–H and O–H groups in total. The van der Waals surface area contributed by atoms with E-state index < -0.39 is 0 Å². The Morgan fingerprint density at radius 3 is 1.27 bits per heavy atom. The van der Waals surface area contributed by atoms with Gasteiger partial charge in [0.15, 0.2) is 0 Å². The zero-order chi connectivity index (χ0) is 84.8. The average molecular weight is 1640 g/mol. The molecule has 0 radical (unpaired) electrons. The summed E-state index contributed by atoms with van der Waals surface area (Å²) in [7, 11) is 0. The van der Waals surface area contributed by atoms with Crippen molar-refractivity contribution in [1.82, 2.24) is 9.97 Å². The summed E-state index contributed by atoms with van der Waals surface area (Å²) >= 11 is 1.95. The number of hydrogen-bond acceptors (Lipinski definition) is 8. The third-order valence-corrected chi connectivity index (χ3v) is 27.1. The van der Waals surface area contributed by atoms with Crippen molar-refractivity contribution >= 4 is 51.0 Å². The largest absolute Gasteiger partial charge is 0.494 e. The number of unbranched alkanes of at least 4 members (excludes halogenated alkanes) is 33. The molecule has 0 saturated heterocycles. The number of nitrogens with zero attached hydrogens (tertiary/aromatic N) is 4. The monoisotopic (exact) mass is 1640 g/mol. The summed E-state index contributed by atoms with van der Waals surface area (Å²) in [4.78, 5) is 17.0. The number of aromatic nitrogens is 2. The molecule has 7 aromatic carbocycles. The van der Waals surface area contributed by atoms with Crippen LogP contribution in [0.3, 0.4) is 0 Å². The fraction of sp³-hybridized carbons (Fsp3) is 0.504. The van der Waals surface area contributed by atoms with Gasteiger partial charge in [-0.05, 0) is 214 Å². The lowest BCUT2D eigenvalue weighted by molar-refractivity contribution is 0.264. The first-order chi connectivity index (χ1) is 59.4. The Balaban J connectivity index is 1.02. The molecule has 0 aliphatic heterocycles. The van der Waals surface area contributed by atoms with Crippen molar-refractivity contribution in [3.8, 4) is 61.1 Å². The van der Waals surface area contributed by atoms with Gasteiger partial charge in [0.1, 0.15) is 17.2 Å². The Morgan fingerprint density at radius 1 is 0.388 bits per heavy atom. The molecule has 2 unspecified atom stereocenters. The Morgan fingerprint density at radius 2 is 0.802 bits per heavy atom. The summed E-state index contributed by atoms with van der Waals surface area (Å²) in [6.45, 7) is 26.6. The minimum Gasteiger partial charge on any atom is -0.494 e. The molecular formula is C113H150N4O3S. The highest BCUT2D eigenvalue weighted by atomic mass is 32.1. The van der Waals surface area contributed by atoms with E-state index in [4.69, 9.17) is 24.2 Å². The van der Waals surface area contributed by atoms with Crippen LogP contribution in [0, 0.1) is 52.4 Å². The predicted octanol–water partition coefficient (Wildman–Crippen LogP) is 34.8. The van der Waals surface area contributed by atoms with Gasteiger partial charge < -0.3 is 24.0 Å². The van der Waals surface area contributed by atoms with Crippen LogP contribution in [0.25, 0.3) is 37.6 Å². The molecule has 0 spiro atoms. The molecule has 8 heteroatoms. The molecule has 121 heavy (non-hydrogen) atoms. The van der Waals surface area contributed by atoms with Crippen LogP contribution < -0.4 is 24.0 Å². The highest BCUT2D eigenvalue weighted by molar-refractivity contribution is 7.19. The number of fused-ring (bicyclic) bond motifs is 3. The standard InChI is InChI=1S/C113H150N4O3S/c1-12-18-23-28-33-35-37-39-41-46-72-113(73-47-42-40-38-36-34-29-24-19-13-2)103-80-93(95-84-114-111(51-17-6)115-85-95)58-66-100(103)101-67-59-94(81-104(101)113)110-83-102(112(121-110)92-56-62-96(63-57-92)116(105-68-52-86(7)77-88(105)9)107-70-64-98(79-90(107)11)118-74-48-43-30-25-20-14-3)91-54-60-97(61-55-91)117(106-69-53-87(8)78-89(106)10)108-71-65-99(119-75-49-44-31-26-21-15-4)82-109(108)120-76-50-45-32-27-22-16-5/h52-71,77-85,100,103H,12-16,18-50,72-76H2,1-11H3. The summed E-state index contributed by atoms with van der Waals surface area (Å²) in [6.07, 6.45) is 62.5. The Bertz CT molecular complexity index is 4680. The molecule has 11 rings (SSSR count). The molecule has 2 heterocycles. The summed E-state index contributed by atoms with van der Waals surface area (Å²) < 4.78 is 20.1. The molecule has 0 saturated carbocycles. The van der Waals surface area contributed by atoms with Crippen LogP contribution in [0.4, 0.5) is 34.1 Å². The average Bonchev–Trinajstić information content (AvgIpc) is 1.55. The summed E-state index contributed by atoms with van der Waals surface area (Å²) in [5.41, 5.74) is 23.0. The van der Waals surface area contributed by atoms with Gasteiger partial charge in [-0.1, -0.05) is 355 Å². The first-order valence-electron chi connectivity index (χ1n) is 48.4. The third-order valence-electron chi connectivity index (χ3n) is 25.9. The summed E-state index contributed by atoms with van der Waals surface area (Å²) in [5, 5.41) is 0. The van der Waals surface area contributed by atoms with Crippen LogP contribution in [0.2, 0.25) is 0 Å². The molecule has 2 aromatic heterocycles. The maximum absolute atomic E-state index is 7.03. The number of anilines is 6. The predicted molar refractivity (Wildman–Crippen MR) is 523 cm³/mol. The Hall–Kier alpha value is -8.64. The molecule has 646 valence electrons. The molecular weight excluding hydrogens is 1490 g/mol. The minimum absolute atomic E-state index is 0.0575. The number of hydrogen-bond donors (Lipinski definition) is 0. The van der Waals surface area contributed by atoms with Gasteiger partial charge in [0.25, 0.3) is 0 Å². The number of aryl methyl sites for hydroxylation is 5. The third kappa shape index (κ3) is 26.7. The molecule has 2 atom stereocenters. The van der Waals surface area contributed by atoms with Crippen LogP contribution in [0.1, 0.15) is 355 Å². The number of thiophene rings is 1. The maximum atomic E-state index is 7.03. The Labute approximate surface area is 737 Å². The quantitative estimate of drug-likeness (QED) is 0.0278. The maximum Gasteiger partial charge on any atom is 0.204 e. The van der Waals surface area contributed by atoms with Crippen LogP contribution in [-0.4, -0.2) is 29.8 Å². The van der Waals surface area contributed by atoms with E-state index in [2.05, 4.69) is 255 Å². The molecule has 0 amide bonds. The number of benzene rings is 7. The van der Waals surface area contributed by atoms with Gasteiger partial charge in [-0.3, -0.25) is 0 Å². The molecule has 7 nitrogen and oxygen atoms in total. The fourth-order valence-electron chi connectivity index (χ4n) is 19.0.